The lowest BCUT2D eigenvalue weighted by atomic mass is 9.99. The largest absolute Gasteiger partial charge is 0.505 e. The first-order chi connectivity index (χ1) is 6.07. The Morgan fingerprint density at radius 1 is 1.54 bits per heavy atom. The molecule has 0 saturated heterocycles. The summed E-state index contributed by atoms with van der Waals surface area (Å²) < 4.78 is 13.0. The Balaban J connectivity index is 3.25. The zero-order chi connectivity index (χ0) is 10.0. The smallest absolute Gasteiger partial charge is 0.165 e. The van der Waals surface area contributed by atoms with Crippen LogP contribution in [0.3, 0.4) is 0 Å². The minimum Gasteiger partial charge on any atom is -0.505 e. The number of hydrogen-bond acceptors (Lipinski definition) is 2. The van der Waals surface area contributed by atoms with E-state index in [0.29, 0.717) is 12.0 Å². The van der Waals surface area contributed by atoms with Crippen molar-refractivity contribution in [2.45, 2.75) is 26.3 Å². The molecule has 0 unspecified atom stereocenters. The number of aryl methyl sites for hydroxylation is 1. The lowest BCUT2D eigenvalue weighted by Crippen LogP contribution is -2.11. The lowest BCUT2D eigenvalue weighted by Gasteiger charge is -2.14. The van der Waals surface area contributed by atoms with Gasteiger partial charge in [-0.3, -0.25) is 0 Å². The van der Waals surface area contributed by atoms with E-state index in [1.165, 1.54) is 6.07 Å². The zero-order valence-electron chi connectivity index (χ0n) is 7.84. The van der Waals surface area contributed by atoms with Crippen LogP contribution < -0.4 is 5.73 Å². The SMILES string of the molecule is CC[C@@H](N)c1c(C)ccc(F)c1O. The molecule has 1 rings (SSSR count). The average Bonchev–Trinajstić information content (AvgIpc) is 2.12. The van der Waals surface area contributed by atoms with Gasteiger partial charge in [0.05, 0.1) is 0 Å². The molecule has 0 fully saturated rings. The number of hydrogen-bond donors (Lipinski definition) is 2. The van der Waals surface area contributed by atoms with Gasteiger partial charge in [-0.2, -0.15) is 0 Å². The van der Waals surface area contributed by atoms with Gasteiger partial charge in [0.25, 0.3) is 0 Å². The molecule has 0 saturated carbocycles. The molecule has 0 bridgehead atoms. The fourth-order valence-corrected chi connectivity index (χ4v) is 1.35. The number of benzene rings is 1. The van der Waals surface area contributed by atoms with Crippen LogP contribution in [0.1, 0.15) is 30.5 Å². The van der Waals surface area contributed by atoms with Gasteiger partial charge in [-0.05, 0) is 25.0 Å². The first kappa shape index (κ1) is 9.99. The minimum absolute atomic E-state index is 0.296. The Kier molecular flexibility index (Phi) is 2.88. The standard InChI is InChI=1S/C10H14FNO/c1-3-8(12)9-6(2)4-5-7(11)10(9)13/h4-5,8,13H,3,12H2,1-2H3/t8-/m1/s1. The van der Waals surface area contributed by atoms with Crippen LogP contribution in [0, 0.1) is 12.7 Å². The van der Waals surface area contributed by atoms with Crippen molar-refractivity contribution in [3.8, 4) is 5.75 Å². The number of halogens is 1. The molecule has 3 heteroatoms. The van der Waals surface area contributed by atoms with Crippen molar-refractivity contribution in [1.82, 2.24) is 0 Å². The Bertz CT molecular complexity index is 312. The molecule has 1 atom stereocenters. The molecule has 0 amide bonds. The van der Waals surface area contributed by atoms with Crippen molar-refractivity contribution in [2.75, 3.05) is 0 Å². The number of nitrogens with two attached hydrogens (primary N) is 1. The summed E-state index contributed by atoms with van der Waals surface area (Å²) in [4.78, 5) is 0. The van der Waals surface area contributed by atoms with Gasteiger partial charge in [-0.1, -0.05) is 13.0 Å². The second-order valence-corrected chi connectivity index (χ2v) is 3.14. The van der Waals surface area contributed by atoms with E-state index in [2.05, 4.69) is 0 Å². The average molecular weight is 183 g/mol. The van der Waals surface area contributed by atoms with E-state index in [9.17, 15) is 9.50 Å². The summed E-state index contributed by atoms with van der Waals surface area (Å²) in [7, 11) is 0. The van der Waals surface area contributed by atoms with Gasteiger partial charge in [0.15, 0.2) is 11.6 Å². The van der Waals surface area contributed by atoms with E-state index in [0.717, 1.165) is 5.56 Å². The third-order valence-electron chi connectivity index (χ3n) is 2.20. The molecular formula is C10H14FNO. The summed E-state index contributed by atoms with van der Waals surface area (Å²) in [6, 6.07) is 2.58. The predicted octanol–water partition coefficient (Wildman–Crippen LogP) is 2.25. The van der Waals surface area contributed by atoms with Gasteiger partial charge in [0, 0.05) is 11.6 Å². The number of phenolic OH excluding ortho intramolecular Hbond substituents is 1. The first-order valence-corrected chi connectivity index (χ1v) is 4.31. The zero-order valence-corrected chi connectivity index (χ0v) is 7.84. The molecule has 0 spiro atoms. The molecule has 2 nitrogen and oxygen atoms in total. The molecule has 13 heavy (non-hydrogen) atoms. The summed E-state index contributed by atoms with van der Waals surface area (Å²) in [6.07, 6.45) is 0.678. The summed E-state index contributed by atoms with van der Waals surface area (Å²) in [5, 5.41) is 9.42. The molecular weight excluding hydrogens is 169 g/mol. The number of aromatic hydroxyl groups is 1. The maximum atomic E-state index is 13.0. The fraction of sp³-hybridized carbons (Fsp3) is 0.400. The second-order valence-electron chi connectivity index (χ2n) is 3.14. The summed E-state index contributed by atoms with van der Waals surface area (Å²) in [5.41, 5.74) is 7.08. The number of rotatable bonds is 2. The van der Waals surface area contributed by atoms with Crippen LogP contribution in [0.25, 0.3) is 0 Å². The lowest BCUT2D eigenvalue weighted by molar-refractivity contribution is 0.419. The third-order valence-corrected chi connectivity index (χ3v) is 2.20. The van der Waals surface area contributed by atoms with E-state index in [1.54, 1.807) is 6.07 Å². The Morgan fingerprint density at radius 3 is 2.69 bits per heavy atom. The highest BCUT2D eigenvalue weighted by molar-refractivity contribution is 5.41. The Labute approximate surface area is 77.2 Å². The molecule has 0 aromatic heterocycles. The van der Waals surface area contributed by atoms with E-state index in [4.69, 9.17) is 5.73 Å². The fourth-order valence-electron chi connectivity index (χ4n) is 1.35. The van der Waals surface area contributed by atoms with Gasteiger partial charge < -0.3 is 10.8 Å². The monoisotopic (exact) mass is 183 g/mol. The van der Waals surface area contributed by atoms with Crippen molar-refractivity contribution in [3.05, 3.63) is 29.1 Å². The molecule has 0 aliphatic rings. The molecule has 1 aromatic carbocycles. The van der Waals surface area contributed by atoms with Gasteiger partial charge in [0.1, 0.15) is 0 Å². The van der Waals surface area contributed by atoms with E-state index < -0.39 is 5.82 Å². The highest BCUT2D eigenvalue weighted by Gasteiger charge is 2.15. The van der Waals surface area contributed by atoms with Gasteiger partial charge in [-0.25, -0.2) is 4.39 Å². The Morgan fingerprint density at radius 2 is 2.15 bits per heavy atom. The van der Waals surface area contributed by atoms with Gasteiger partial charge in [-0.15, -0.1) is 0 Å². The van der Waals surface area contributed by atoms with E-state index in [1.807, 2.05) is 13.8 Å². The summed E-state index contributed by atoms with van der Waals surface area (Å²) in [6.45, 7) is 3.71. The predicted molar refractivity (Wildman–Crippen MR) is 50.0 cm³/mol. The quantitative estimate of drug-likeness (QED) is 0.738. The highest BCUT2D eigenvalue weighted by Crippen LogP contribution is 2.30. The molecule has 0 aliphatic heterocycles. The Hall–Kier alpha value is -1.09. The van der Waals surface area contributed by atoms with Crippen LogP contribution in [-0.4, -0.2) is 5.11 Å². The van der Waals surface area contributed by atoms with Crippen LogP contribution in [0.2, 0.25) is 0 Å². The second kappa shape index (κ2) is 3.75. The first-order valence-electron chi connectivity index (χ1n) is 4.31. The maximum Gasteiger partial charge on any atom is 0.165 e. The van der Waals surface area contributed by atoms with Crippen molar-refractivity contribution in [3.63, 3.8) is 0 Å². The minimum atomic E-state index is -0.607. The molecule has 72 valence electrons. The number of phenols is 1. The van der Waals surface area contributed by atoms with Gasteiger partial charge >= 0.3 is 0 Å². The van der Waals surface area contributed by atoms with E-state index >= 15 is 0 Å². The van der Waals surface area contributed by atoms with Crippen LogP contribution >= 0.6 is 0 Å². The van der Waals surface area contributed by atoms with Crippen LogP contribution in [0.15, 0.2) is 12.1 Å². The molecule has 0 radical (unpaired) electrons. The summed E-state index contributed by atoms with van der Waals surface area (Å²) in [5.74, 6) is -0.918. The normalized spacial score (nSPS) is 12.9. The van der Waals surface area contributed by atoms with Crippen LogP contribution in [0.5, 0.6) is 5.75 Å². The molecule has 0 aliphatic carbocycles. The maximum absolute atomic E-state index is 13.0. The highest BCUT2D eigenvalue weighted by atomic mass is 19.1. The topological polar surface area (TPSA) is 46.2 Å². The summed E-state index contributed by atoms with van der Waals surface area (Å²) >= 11 is 0. The van der Waals surface area contributed by atoms with E-state index in [-0.39, 0.29) is 11.8 Å². The van der Waals surface area contributed by atoms with Crippen LogP contribution in [0.4, 0.5) is 4.39 Å². The van der Waals surface area contributed by atoms with Crippen molar-refractivity contribution in [2.24, 2.45) is 5.73 Å². The molecule has 1 aromatic rings. The molecule has 0 heterocycles. The third kappa shape index (κ3) is 1.80. The molecule has 3 N–H and O–H groups in total. The van der Waals surface area contributed by atoms with Crippen molar-refractivity contribution in [1.29, 1.82) is 0 Å². The van der Waals surface area contributed by atoms with Gasteiger partial charge in [0.2, 0.25) is 0 Å². The van der Waals surface area contributed by atoms with Crippen molar-refractivity contribution >= 4 is 0 Å². The van der Waals surface area contributed by atoms with Crippen LogP contribution in [-0.2, 0) is 0 Å². The van der Waals surface area contributed by atoms with Crippen molar-refractivity contribution < 1.29 is 9.50 Å².